The van der Waals surface area contributed by atoms with Gasteiger partial charge < -0.3 is 15.6 Å². The summed E-state index contributed by atoms with van der Waals surface area (Å²) in [7, 11) is 0. The lowest BCUT2D eigenvalue weighted by Gasteiger charge is -2.10. The van der Waals surface area contributed by atoms with E-state index in [1.165, 1.54) is 6.20 Å². The number of aromatic nitrogens is 2. The van der Waals surface area contributed by atoms with E-state index in [1.807, 2.05) is 44.2 Å². The number of benzene rings is 1. The predicted molar refractivity (Wildman–Crippen MR) is 86.6 cm³/mol. The first-order chi connectivity index (χ1) is 10.5. The average molecular weight is 318 g/mol. The number of carbonyl (C=O) groups excluding carboxylic acids is 2. The minimum absolute atomic E-state index is 0.0326. The lowest BCUT2D eigenvalue weighted by molar-refractivity contribution is -0.120. The molecule has 0 radical (unpaired) electrons. The number of para-hydroxylation sites is 1. The summed E-state index contributed by atoms with van der Waals surface area (Å²) >= 11 is 5.22. The molecular formula is C15H18N4O2S. The standard InChI is InChI=1S/C15H18N4O2S/c1-10(2)18-13(20)9-16-14(21)12-8-17-15(22)19(12)11-6-4-3-5-7-11/h3-8,10H,9H2,1-2H3,(H,16,21)(H,17,22)(H,18,20). The van der Waals surface area contributed by atoms with Gasteiger partial charge in [-0.15, -0.1) is 0 Å². The number of nitrogens with zero attached hydrogens (tertiary/aromatic N) is 1. The van der Waals surface area contributed by atoms with E-state index in [4.69, 9.17) is 12.2 Å². The quantitative estimate of drug-likeness (QED) is 0.735. The molecule has 1 aromatic heterocycles. The lowest BCUT2D eigenvalue weighted by atomic mass is 10.3. The Labute approximate surface area is 133 Å². The Morgan fingerprint density at radius 1 is 1.27 bits per heavy atom. The summed E-state index contributed by atoms with van der Waals surface area (Å²) in [6.45, 7) is 3.64. The molecule has 0 aliphatic heterocycles. The number of carbonyl (C=O) groups is 2. The predicted octanol–water partition coefficient (Wildman–Crippen LogP) is 1.79. The van der Waals surface area contributed by atoms with Gasteiger partial charge in [0.25, 0.3) is 5.91 Å². The summed E-state index contributed by atoms with van der Waals surface area (Å²) in [6.07, 6.45) is 1.53. The fourth-order valence-corrected chi connectivity index (χ4v) is 2.26. The van der Waals surface area contributed by atoms with Gasteiger partial charge in [-0.1, -0.05) is 18.2 Å². The van der Waals surface area contributed by atoms with Gasteiger partial charge in [0.1, 0.15) is 5.69 Å². The SMILES string of the molecule is CC(C)NC(=O)CNC(=O)c1c[nH]c(=S)n1-c1ccccc1. The highest BCUT2D eigenvalue weighted by Gasteiger charge is 2.15. The molecule has 1 aromatic carbocycles. The molecule has 116 valence electrons. The average Bonchev–Trinajstić information content (AvgIpc) is 2.87. The van der Waals surface area contributed by atoms with Crippen molar-refractivity contribution in [1.29, 1.82) is 0 Å². The van der Waals surface area contributed by atoms with Gasteiger partial charge in [0.2, 0.25) is 5.91 Å². The summed E-state index contributed by atoms with van der Waals surface area (Å²) in [4.78, 5) is 26.7. The molecule has 0 bridgehead atoms. The van der Waals surface area contributed by atoms with Crippen LogP contribution in [0.5, 0.6) is 0 Å². The third-order valence-corrected chi connectivity index (χ3v) is 3.18. The molecule has 0 aliphatic carbocycles. The van der Waals surface area contributed by atoms with Crippen LogP contribution in [0.4, 0.5) is 0 Å². The molecular weight excluding hydrogens is 300 g/mol. The molecule has 0 saturated heterocycles. The molecule has 0 atom stereocenters. The minimum Gasteiger partial charge on any atom is -0.352 e. The van der Waals surface area contributed by atoms with E-state index >= 15 is 0 Å². The maximum atomic E-state index is 12.3. The van der Waals surface area contributed by atoms with E-state index < -0.39 is 0 Å². The number of hydrogen-bond acceptors (Lipinski definition) is 3. The van der Waals surface area contributed by atoms with Crippen LogP contribution in [-0.2, 0) is 4.79 Å². The van der Waals surface area contributed by atoms with Crippen LogP contribution in [0.2, 0.25) is 0 Å². The first kappa shape index (κ1) is 16.0. The highest BCUT2D eigenvalue weighted by Crippen LogP contribution is 2.12. The van der Waals surface area contributed by atoms with Crippen LogP contribution < -0.4 is 10.6 Å². The van der Waals surface area contributed by atoms with Gasteiger partial charge in [0.15, 0.2) is 4.77 Å². The summed E-state index contributed by atoms with van der Waals surface area (Å²) < 4.78 is 2.05. The molecule has 6 nitrogen and oxygen atoms in total. The van der Waals surface area contributed by atoms with Crippen LogP contribution in [0.15, 0.2) is 36.5 Å². The number of imidazole rings is 1. The van der Waals surface area contributed by atoms with E-state index in [-0.39, 0.29) is 24.4 Å². The second-order valence-corrected chi connectivity index (χ2v) is 5.44. The van der Waals surface area contributed by atoms with Crippen LogP contribution in [0.1, 0.15) is 24.3 Å². The van der Waals surface area contributed by atoms with E-state index in [1.54, 1.807) is 4.57 Å². The van der Waals surface area contributed by atoms with Crippen molar-refractivity contribution in [3.63, 3.8) is 0 Å². The lowest BCUT2D eigenvalue weighted by Crippen LogP contribution is -2.40. The van der Waals surface area contributed by atoms with Crippen LogP contribution in [0.25, 0.3) is 5.69 Å². The van der Waals surface area contributed by atoms with Crippen molar-refractivity contribution in [2.45, 2.75) is 19.9 Å². The van der Waals surface area contributed by atoms with Crippen LogP contribution in [0, 0.1) is 4.77 Å². The van der Waals surface area contributed by atoms with Crippen molar-refractivity contribution in [1.82, 2.24) is 20.2 Å². The number of nitrogens with one attached hydrogen (secondary N) is 3. The molecule has 2 aromatic rings. The largest absolute Gasteiger partial charge is 0.352 e. The highest BCUT2D eigenvalue weighted by molar-refractivity contribution is 7.71. The molecule has 0 saturated carbocycles. The smallest absolute Gasteiger partial charge is 0.270 e. The highest BCUT2D eigenvalue weighted by atomic mass is 32.1. The van der Waals surface area contributed by atoms with Gasteiger partial charge in [-0.2, -0.15) is 0 Å². The molecule has 2 amide bonds. The van der Waals surface area contributed by atoms with E-state index in [9.17, 15) is 9.59 Å². The minimum atomic E-state index is -0.366. The van der Waals surface area contributed by atoms with Gasteiger partial charge >= 0.3 is 0 Å². The van der Waals surface area contributed by atoms with Crippen LogP contribution >= 0.6 is 12.2 Å². The Bertz CT molecular complexity index is 719. The molecule has 0 spiro atoms. The summed E-state index contributed by atoms with van der Waals surface area (Å²) in [5.74, 6) is -0.598. The maximum absolute atomic E-state index is 12.3. The zero-order chi connectivity index (χ0) is 16.1. The molecule has 22 heavy (non-hydrogen) atoms. The monoisotopic (exact) mass is 318 g/mol. The third kappa shape index (κ3) is 3.82. The summed E-state index contributed by atoms with van der Waals surface area (Å²) in [5.41, 5.74) is 1.14. The van der Waals surface area contributed by atoms with Gasteiger partial charge in [-0.25, -0.2) is 0 Å². The fraction of sp³-hybridized carbons (Fsp3) is 0.267. The molecule has 3 N–H and O–H groups in total. The second-order valence-electron chi connectivity index (χ2n) is 5.05. The summed E-state index contributed by atoms with van der Waals surface area (Å²) in [6, 6.07) is 9.35. The Morgan fingerprint density at radius 2 is 1.95 bits per heavy atom. The first-order valence-electron chi connectivity index (χ1n) is 6.92. The van der Waals surface area contributed by atoms with Gasteiger partial charge in [-0.05, 0) is 38.2 Å². The zero-order valence-corrected chi connectivity index (χ0v) is 13.2. The maximum Gasteiger partial charge on any atom is 0.270 e. The first-order valence-corrected chi connectivity index (χ1v) is 7.33. The van der Waals surface area contributed by atoms with E-state index in [0.717, 1.165) is 5.69 Å². The molecule has 0 aliphatic rings. The Balaban J connectivity index is 2.15. The molecule has 1 heterocycles. The van der Waals surface area contributed by atoms with Gasteiger partial charge in [-0.3, -0.25) is 14.2 Å². The molecule has 7 heteroatoms. The second kappa shape index (κ2) is 7.04. The van der Waals surface area contributed by atoms with Crippen molar-refractivity contribution >= 4 is 24.0 Å². The van der Waals surface area contributed by atoms with Crippen molar-refractivity contribution < 1.29 is 9.59 Å². The van der Waals surface area contributed by atoms with Crippen LogP contribution in [-0.4, -0.2) is 34.0 Å². The van der Waals surface area contributed by atoms with Crippen molar-refractivity contribution in [2.75, 3.05) is 6.54 Å². The number of hydrogen-bond donors (Lipinski definition) is 3. The number of H-pyrrole nitrogens is 1. The fourth-order valence-electron chi connectivity index (χ4n) is 1.99. The molecule has 2 rings (SSSR count). The van der Waals surface area contributed by atoms with Crippen molar-refractivity contribution in [3.05, 3.63) is 47.0 Å². The molecule has 0 fully saturated rings. The van der Waals surface area contributed by atoms with Crippen molar-refractivity contribution in [3.8, 4) is 5.69 Å². The van der Waals surface area contributed by atoms with Crippen molar-refractivity contribution in [2.24, 2.45) is 0 Å². The van der Waals surface area contributed by atoms with E-state index in [2.05, 4.69) is 15.6 Å². The van der Waals surface area contributed by atoms with Gasteiger partial charge in [0, 0.05) is 17.9 Å². The van der Waals surface area contributed by atoms with E-state index in [0.29, 0.717) is 10.5 Å². The number of rotatable bonds is 5. The number of amides is 2. The zero-order valence-electron chi connectivity index (χ0n) is 12.4. The Morgan fingerprint density at radius 3 is 2.59 bits per heavy atom. The van der Waals surface area contributed by atoms with Crippen LogP contribution in [0.3, 0.4) is 0 Å². The normalized spacial score (nSPS) is 10.5. The summed E-state index contributed by atoms with van der Waals surface area (Å²) in [5, 5.41) is 5.30. The topological polar surface area (TPSA) is 78.9 Å². The molecule has 0 unspecified atom stereocenters. The third-order valence-electron chi connectivity index (χ3n) is 2.88. The Kier molecular flexibility index (Phi) is 5.11. The van der Waals surface area contributed by atoms with Gasteiger partial charge in [0.05, 0.1) is 6.54 Å². The number of aromatic amines is 1. The Hall–Kier alpha value is -2.41.